The highest BCUT2D eigenvalue weighted by Gasteiger charge is 2.34. The number of nitrogens with zero attached hydrogens (tertiary/aromatic N) is 1. The number of carbonyl (C=O) groups is 2. The number of hydrogen-bond donors (Lipinski definition) is 2. The third-order valence-corrected chi connectivity index (χ3v) is 5.64. The average Bonchev–Trinajstić information content (AvgIpc) is 2.67. The zero-order valence-electron chi connectivity index (χ0n) is 14.5. The molecule has 2 rings (SSSR count). The van der Waals surface area contributed by atoms with Crippen LogP contribution in [0.1, 0.15) is 6.42 Å². The first kappa shape index (κ1) is 20.3. The Morgan fingerprint density at radius 1 is 1.23 bits per heavy atom. The molecule has 1 heterocycles. The molecule has 1 fully saturated rings. The molecule has 0 bridgehead atoms. The van der Waals surface area contributed by atoms with Gasteiger partial charge in [0.2, 0.25) is 10.0 Å². The Kier molecular flexibility index (Phi) is 7.51. The summed E-state index contributed by atoms with van der Waals surface area (Å²) in [6.45, 7) is 1.02. The summed E-state index contributed by atoms with van der Waals surface area (Å²) in [4.78, 5) is 23.6. The van der Waals surface area contributed by atoms with E-state index >= 15 is 0 Å². The SMILES string of the molecule is COCCNC(=O)C(=O)NC[C@H]1OCCCN1S(=O)(=O)c1ccccc1. The molecule has 1 saturated heterocycles. The van der Waals surface area contributed by atoms with Crippen molar-refractivity contribution in [2.24, 2.45) is 0 Å². The molecule has 0 aliphatic carbocycles. The lowest BCUT2D eigenvalue weighted by atomic mass is 10.3. The number of ether oxygens (including phenoxy) is 2. The van der Waals surface area contributed by atoms with Crippen molar-refractivity contribution in [2.75, 3.05) is 40.0 Å². The first-order valence-corrected chi connectivity index (χ1v) is 9.64. The average molecular weight is 385 g/mol. The van der Waals surface area contributed by atoms with Crippen molar-refractivity contribution in [2.45, 2.75) is 17.5 Å². The van der Waals surface area contributed by atoms with Gasteiger partial charge in [0.05, 0.1) is 24.7 Å². The third kappa shape index (κ3) is 5.24. The lowest BCUT2D eigenvalue weighted by Gasteiger charge is -2.34. The van der Waals surface area contributed by atoms with E-state index in [9.17, 15) is 18.0 Å². The quantitative estimate of drug-likeness (QED) is 0.474. The predicted molar refractivity (Wildman–Crippen MR) is 92.6 cm³/mol. The van der Waals surface area contributed by atoms with Crippen LogP contribution in [0.25, 0.3) is 0 Å². The smallest absolute Gasteiger partial charge is 0.309 e. The van der Waals surface area contributed by atoms with Crippen LogP contribution < -0.4 is 10.6 Å². The van der Waals surface area contributed by atoms with Gasteiger partial charge in [-0.15, -0.1) is 0 Å². The van der Waals surface area contributed by atoms with Crippen LogP contribution in [0.15, 0.2) is 35.2 Å². The number of hydrogen-bond acceptors (Lipinski definition) is 6. The highest BCUT2D eigenvalue weighted by molar-refractivity contribution is 7.89. The predicted octanol–water partition coefficient (Wildman–Crippen LogP) is -0.697. The van der Waals surface area contributed by atoms with Crippen LogP contribution in [0.4, 0.5) is 0 Å². The minimum atomic E-state index is -3.76. The number of sulfonamides is 1. The van der Waals surface area contributed by atoms with E-state index in [0.29, 0.717) is 13.0 Å². The Balaban J connectivity index is 1.99. The van der Waals surface area contributed by atoms with E-state index in [-0.39, 0.29) is 31.1 Å². The fourth-order valence-electron chi connectivity index (χ4n) is 2.44. The van der Waals surface area contributed by atoms with Gasteiger partial charge in [-0.2, -0.15) is 4.31 Å². The Hall–Kier alpha value is -2.01. The third-order valence-electron chi connectivity index (χ3n) is 3.74. The lowest BCUT2D eigenvalue weighted by molar-refractivity contribution is -0.140. The summed E-state index contributed by atoms with van der Waals surface area (Å²) in [6.07, 6.45) is -0.321. The summed E-state index contributed by atoms with van der Waals surface area (Å²) < 4.78 is 37.1. The monoisotopic (exact) mass is 385 g/mol. The number of amides is 2. The molecule has 0 saturated carbocycles. The van der Waals surface area contributed by atoms with Gasteiger partial charge in [0.25, 0.3) is 0 Å². The standard InChI is InChI=1S/C16H23N3O6S/c1-24-11-8-17-15(20)16(21)18-12-14-19(9-5-10-25-14)26(22,23)13-6-3-2-4-7-13/h2-4,6-7,14H,5,8-12H2,1H3,(H,17,20)(H,18,21)/t14-/m1/s1. The molecule has 2 N–H and O–H groups in total. The number of benzene rings is 1. The topological polar surface area (TPSA) is 114 Å². The fourth-order valence-corrected chi connectivity index (χ4v) is 4.02. The molecule has 144 valence electrons. The molecule has 1 atom stereocenters. The number of methoxy groups -OCH3 is 1. The second-order valence-electron chi connectivity index (χ2n) is 5.57. The van der Waals surface area contributed by atoms with Gasteiger partial charge in [-0.25, -0.2) is 8.42 Å². The molecule has 1 aromatic carbocycles. The van der Waals surface area contributed by atoms with Crippen molar-refractivity contribution in [3.63, 3.8) is 0 Å². The molecule has 10 heteroatoms. The summed E-state index contributed by atoms with van der Waals surface area (Å²) in [5, 5.41) is 4.80. The largest absolute Gasteiger partial charge is 0.383 e. The molecule has 0 radical (unpaired) electrons. The van der Waals surface area contributed by atoms with E-state index < -0.39 is 28.1 Å². The van der Waals surface area contributed by atoms with Crippen LogP contribution in [0, 0.1) is 0 Å². The van der Waals surface area contributed by atoms with Gasteiger partial charge in [0.1, 0.15) is 6.23 Å². The zero-order chi connectivity index (χ0) is 19.0. The maximum Gasteiger partial charge on any atom is 0.309 e. The number of nitrogens with one attached hydrogen (secondary N) is 2. The van der Waals surface area contributed by atoms with Crippen molar-refractivity contribution in [1.82, 2.24) is 14.9 Å². The summed E-state index contributed by atoms with van der Waals surface area (Å²) in [5.41, 5.74) is 0. The molecule has 1 aromatic rings. The van der Waals surface area contributed by atoms with Crippen molar-refractivity contribution in [3.8, 4) is 0 Å². The summed E-state index contributed by atoms with van der Waals surface area (Å²) in [5.74, 6) is -1.66. The van der Waals surface area contributed by atoms with Gasteiger partial charge in [0.15, 0.2) is 0 Å². The van der Waals surface area contributed by atoms with Crippen LogP contribution >= 0.6 is 0 Å². The minimum Gasteiger partial charge on any atom is -0.383 e. The first-order chi connectivity index (χ1) is 12.5. The van der Waals surface area contributed by atoms with Crippen molar-refractivity contribution in [3.05, 3.63) is 30.3 Å². The molecule has 0 unspecified atom stereocenters. The maximum atomic E-state index is 12.8. The Labute approximate surface area is 152 Å². The van der Waals surface area contributed by atoms with Gasteiger partial charge in [-0.05, 0) is 18.6 Å². The second kappa shape index (κ2) is 9.62. The van der Waals surface area contributed by atoms with E-state index in [1.165, 1.54) is 23.5 Å². The number of carbonyl (C=O) groups excluding carboxylic acids is 2. The molecule has 0 spiro atoms. The Morgan fingerprint density at radius 2 is 1.92 bits per heavy atom. The molecular formula is C16H23N3O6S. The van der Waals surface area contributed by atoms with Crippen LogP contribution in [0.3, 0.4) is 0 Å². The van der Waals surface area contributed by atoms with E-state index in [1.54, 1.807) is 18.2 Å². The van der Waals surface area contributed by atoms with Crippen molar-refractivity contribution in [1.29, 1.82) is 0 Å². The van der Waals surface area contributed by atoms with E-state index in [2.05, 4.69) is 10.6 Å². The van der Waals surface area contributed by atoms with E-state index in [0.717, 1.165) is 0 Å². The van der Waals surface area contributed by atoms with Gasteiger partial charge >= 0.3 is 11.8 Å². The van der Waals surface area contributed by atoms with E-state index in [4.69, 9.17) is 9.47 Å². The van der Waals surface area contributed by atoms with Gasteiger partial charge < -0.3 is 20.1 Å². The maximum absolute atomic E-state index is 12.8. The number of rotatable bonds is 7. The van der Waals surface area contributed by atoms with Crippen molar-refractivity contribution < 1.29 is 27.5 Å². The Morgan fingerprint density at radius 3 is 2.62 bits per heavy atom. The van der Waals surface area contributed by atoms with Crippen molar-refractivity contribution >= 4 is 21.8 Å². The van der Waals surface area contributed by atoms with Crippen LogP contribution in [0.2, 0.25) is 0 Å². The van der Waals surface area contributed by atoms with Gasteiger partial charge in [-0.1, -0.05) is 18.2 Å². The Bertz CT molecular complexity index is 710. The highest BCUT2D eigenvalue weighted by Crippen LogP contribution is 2.21. The minimum absolute atomic E-state index is 0.122. The summed E-state index contributed by atoms with van der Waals surface area (Å²) in [7, 11) is -2.28. The van der Waals surface area contributed by atoms with E-state index in [1.807, 2.05) is 0 Å². The molecule has 0 aromatic heterocycles. The normalized spacial score (nSPS) is 18.3. The first-order valence-electron chi connectivity index (χ1n) is 8.20. The highest BCUT2D eigenvalue weighted by atomic mass is 32.2. The van der Waals surface area contributed by atoms with Gasteiger partial charge in [-0.3, -0.25) is 9.59 Å². The second-order valence-corrected chi connectivity index (χ2v) is 7.46. The van der Waals surface area contributed by atoms with Crippen LogP contribution in [0.5, 0.6) is 0 Å². The summed E-state index contributed by atoms with van der Waals surface area (Å²) in [6, 6.07) is 8.01. The molecule has 9 nitrogen and oxygen atoms in total. The van der Waals surface area contributed by atoms with Crippen LogP contribution in [-0.2, 0) is 29.1 Å². The zero-order valence-corrected chi connectivity index (χ0v) is 15.3. The molecule has 1 aliphatic rings. The molecule has 2 amide bonds. The molecular weight excluding hydrogens is 362 g/mol. The fraction of sp³-hybridized carbons (Fsp3) is 0.500. The summed E-state index contributed by atoms with van der Waals surface area (Å²) >= 11 is 0. The van der Waals surface area contributed by atoms with Crippen LogP contribution in [-0.4, -0.2) is 70.7 Å². The molecule has 1 aliphatic heterocycles. The van der Waals surface area contributed by atoms with Gasteiger partial charge in [0, 0.05) is 20.2 Å². The molecule has 26 heavy (non-hydrogen) atoms. The lowest BCUT2D eigenvalue weighted by Crippen LogP contribution is -2.53.